The molecule has 0 amide bonds. The quantitative estimate of drug-likeness (QED) is 0.655. The van der Waals surface area contributed by atoms with E-state index in [1.807, 2.05) is 15.9 Å². The molecule has 0 aromatic rings. The topological polar surface area (TPSA) is 20.2 Å². The van der Waals surface area contributed by atoms with Crippen molar-refractivity contribution in [2.45, 2.75) is 11.0 Å². The number of aliphatic hydroxyl groups excluding tert-OH is 1. The Morgan fingerprint density at radius 2 is 2.00 bits per heavy atom. The average Bonchev–Trinajstić information content (AvgIpc) is 1.67. The molecule has 0 aliphatic carbocycles. The molecule has 1 atom stereocenters. The predicted octanol–water partition coefficient (Wildman–Crippen LogP) is 1.30. The Morgan fingerprint density at radius 3 is 2.00 bits per heavy atom. The van der Waals surface area contributed by atoms with Gasteiger partial charge in [-0.25, -0.2) is 4.39 Å². The Labute approximate surface area is 52.6 Å². The molecule has 1 unspecified atom stereocenters. The van der Waals surface area contributed by atoms with Gasteiger partial charge in [0.15, 0.2) is 0 Å². The van der Waals surface area contributed by atoms with Crippen molar-refractivity contribution in [2.24, 2.45) is 0 Å². The fourth-order valence-corrected chi connectivity index (χ4v) is 0.214. The molecule has 0 aliphatic heterocycles. The van der Waals surface area contributed by atoms with E-state index in [9.17, 15) is 13.2 Å². The lowest BCUT2D eigenvalue weighted by molar-refractivity contribution is -0.0762. The second-order valence-electron chi connectivity index (χ2n) is 1.22. The lowest BCUT2D eigenvalue weighted by Gasteiger charge is -2.11. The summed E-state index contributed by atoms with van der Waals surface area (Å²) in [5, 5.41) is 5.29. The molecule has 0 fully saturated rings. The highest BCUT2D eigenvalue weighted by Crippen LogP contribution is 2.24. The third-order valence-electron chi connectivity index (χ3n) is 0.530. The van der Waals surface area contributed by atoms with Crippen molar-refractivity contribution in [3.8, 4) is 0 Å². The van der Waals surface area contributed by atoms with Crippen molar-refractivity contribution in [3.63, 3.8) is 0 Å². The Kier molecular flexibility index (Phi) is 2.76. The first-order valence-corrected chi connectivity index (χ1v) is 2.69. The fourth-order valence-electron chi connectivity index (χ4n) is 0.0690. The summed E-state index contributed by atoms with van der Waals surface area (Å²) in [6, 6.07) is 0. The van der Waals surface area contributed by atoms with Crippen molar-refractivity contribution < 1.29 is 18.3 Å². The van der Waals surface area contributed by atoms with E-state index in [1.165, 1.54) is 0 Å². The van der Waals surface area contributed by atoms with Crippen LogP contribution in [0.5, 0.6) is 0 Å². The van der Waals surface area contributed by atoms with Gasteiger partial charge >= 0.3 is 5.92 Å². The van der Waals surface area contributed by atoms with E-state index in [2.05, 4.69) is 0 Å². The number of aliphatic hydroxyl groups is 1. The van der Waals surface area contributed by atoms with Gasteiger partial charge in [0.25, 0.3) is 0 Å². The first kappa shape index (κ1) is 8.23. The Balaban J connectivity index is 3.71. The van der Waals surface area contributed by atoms with Gasteiger partial charge in [0.05, 0.1) is 0 Å². The SMILES string of the molecule is OCC(F)(F)C(F)Br. The van der Waals surface area contributed by atoms with Crippen LogP contribution in [0.15, 0.2) is 0 Å². The molecular formula is C3H4BrF3O. The lowest BCUT2D eigenvalue weighted by Crippen LogP contribution is -2.29. The molecule has 1 nitrogen and oxygen atoms in total. The largest absolute Gasteiger partial charge is 0.390 e. The summed E-state index contributed by atoms with van der Waals surface area (Å²) < 4.78 is 34.7. The molecule has 0 bridgehead atoms. The van der Waals surface area contributed by atoms with Crippen LogP contribution >= 0.6 is 15.9 Å². The van der Waals surface area contributed by atoms with Gasteiger partial charge in [0.1, 0.15) is 6.61 Å². The first-order valence-electron chi connectivity index (χ1n) is 1.77. The van der Waals surface area contributed by atoms with E-state index < -0.39 is 17.6 Å². The number of alkyl halides is 4. The Hall–Kier alpha value is 0.230. The maximum atomic E-state index is 11.6. The smallest absolute Gasteiger partial charge is 0.310 e. The van der Waals surface area contributed by atoms with Crippen LogP contribution in [-0.2, 0) is 0 Å². The highest BCUT2D eigenvalue weighted by atomic mass is 79.9. The minimum absolute atomic E-state index is 1.47. The Morgan fingerprint density at radius 1 is 1.62 bits per heavy atom. The van der Waals surface area contributed by atoms with Crippen LogP contribution < -0.4 is 0 Å². The molecular weight excluding hydrogens is 189 g/mol. The fraction of sp³-hybridized carbons (Fsp3) is 1.00. The maximum Gasteiger partial charge on any atom is 0.310 e. The molecule has 0 aromatic heterocycles. The highest BCUT2D eigenvalue weighted by molar-refractivity contribution is 9.09. The molecule has 0 saturated heterocycles. The molecule has 0 aliphatic rings. The summed E-state index contributed by atoms with van der Waals surface area (Å²) in [7, 11) is 0. The summed E-state index contributed by atoms with van der Waals surface area (Å²) in [6.45, 7) is -1.47. The van der Waals surface area contributed by atoms with E-state index in [0.29, 0.717) is 0 Å². The third-order valence-corrected chi connectivity index (χ3v) is 1.20. The summed E-state index contributed by atoms with van der Waals surface area (Å²) in [5.41, 5.74) is 0. The molecule has 50 valence electrons. The van der Waals surface area contributed by atoms with Crippen molar-refractivity contribution in [3.05, 3.63) is 0 Å². The van der Waals surface area contributed by atoms with Crippen LogP contribution in [0.4, 0.5) is 13.2 Å². The van der Waals surface area contributed by atoms with Gasteiger partial charge < -0.3 is 5.11 Å². The second kappa shape index (κ2) is 2.68. The molecule has 0 heterocycles. The molecule has 1 N–H and O–H groups in total. The predicted molar refractivity (Wildman–Crippen MR) is 25.9 cm³/mol. The van der Waals surface area contributed by atoms with Crippen molar-refractivity contribution in [1.29, 1.82) is 0 Å². The van der Waals surface area contributed by atoms with Crippen LogP contribution in [0.2, 0.25) is 0 Å². The number of rotatable bonds is 2. The van der Waals surface area contributed by atoms with E-state index in [4.69, 9.17) is 5.11 Å². The van der Waals surface area contributed by atoms with Crippen LogP contribution in [0, 0.1) is 0 Å². The zero-order chi connectivity index (χ0) is 6.78. The van der Waals surface area contributed by atoms with Gasteiger partial charge in [-0.1, -0.05) is 0 Å². The van der Waals surface area contributed by atoms with E-state index >= 15 is 0 Å². The standard InChI is InChI=1S/C3H4BrF3O/c4-2(5)3(6,7)1-8/h2,8H,1H2. The Bertz CT molecular complexity index is 74.9. The van der Waals surface area contributed by atoms with Gasteiger partial charge in [0.2, 0.25) is 5.08 Å². The van der Waals surface area contributed by atoms with Crippen molar-refractivity contribution in [2.75, 3.05) is 6.61 Å². The normalized spacial score (nSPS) is 16.1. The third kappa shape index (κ3) is 2.00. The lowest BCUT2D eigenvalue weighted by atomic mass is 10.4. The molecule has 0 saturated carbocycles. The minimum atomic E-state index is -3.65. The molecule has 0 spiro atoms. The van der Waals surface area contributed by atoms with Crippen molar-refractivity contribution in [1.82, 2.24) is 0 Å². The summed E-state index contributed by atoms with van der Waals surface area (Å²) in [4.78, 5) is 0. The number of halogens is 4. The van der Waals surface area contributed by atoms with E-state index in [0.717, 1.165) is 0 Å². The van der Waals surface area contributed by atoms with E-state index in [1.54, 1.807) is 0 Å². The highest BCUT2D eigenvalue weighted by Gasteiger charge is 2.37. The zero-order valence-electron chi connectivity index (χ0n) is 3.74. The molecule has 0 aromatic carbocycles. The van der Waals surface area contributed by atoms with Gasteiger partial charge in [-0.05, 0) is 15.9 Å². The molecule has 8 heavy (non-hydrogen) atoms. The summed E-state index contributed by atoms with van der Waals surface area (Å²) in [6.07, 6.45) is 0. The molecule has 0 radical (unpaired) electrons. The first-order chi connectivity index (χ1) is 3.50. The summed E-state index contributed by atoms with van der Waals surface area (Å²) in [5.74, 6) is -3.65. The second-order valence-corrected chi connectivity index (χ2v) is 2.02. The maximum absolute atomic E-state index is 11.6. The molecule has 0 rings (SSSR count). The van der Waals surface area contributed by atoms with Gasteiger partial charge in [-0.3, -0.25) is 0 Å². The monoisotopic (exact) mass is 192 g/mol. The van der Waals surface area contributed by atoms with E-state index in [-0.39, 0.29) is 0 Å². The van der Waals surface area contributed by atoms with Gasteiger partial charge in [0, 0.05) is 0 Å². The summed E-state index contributed by atoms with van der Waals surface area (Å²) >= 11 is 1.98. The van der Waals surface area contributed by atoms with Crippen LogP contribution in [0.3, 0.4) is 0 Å². The van der Waals surface area contributed by atoms with Crippen LogP contribution in [0.1, 0.15) is 0 Å². The molecule has 5 heteroatoms. The zero-order valence-corrected chi connectivity index (χ0v) is 5.33. The number of hydrogen-bond acceptors (Lipinski definition) is 1. The average molecular weight is 193 g/mol. The number of hydrogen-bond donors (Lipinski definition) is 1. The van der Waals surface area contributed by atoms with Crippen molar-refractivity contribution >= 4 is 15.9 Å². The minimum Gasteiger partial charge on any atom is -0.390 e. The van der Waals surface area contributed by atoms with Crippen LogP contribution in [-0.4, -0.2) is 22.7 Å². The van der Waals surface area contributed by atoms with Gasteiger partial charge in [-0.15, -0.1) is 0 Å². The van der Waals surface area contributed by atoms with Gasteiger partial charge in [-0.2, -0.15) is 8.78 Å². The van der Waals surface area contributed by atoms with Crippen LogP contribution in [0.25, 0.3) is 0 Å².